The van der Waals surface area contributed by atoms with E-state index in [0.29, 0.717) is 25.9 Å². The van der Waals surface area contributed by atoms with Crippen LogP contribution < -0.4 is 0 Å². The summed E-state index contributed by atoms with van der Waals surface area (Å²) in [6.45, 7) is 3.50. The second kappa shape index (κ2) is 6.46. The molecule has 4 heteroatoms. The molecule has 0 aliphatic heterocycles. The summed E-state index contributed by atoms with van der Waals surface area (Å²) in [5.74, 6) is -1.40. The normalized spacial score (nSPS) is 12.2. The molecule has 0 aliphatic rings. The van der Waals surface area contributed by atoms with Crippen molar-refractivity contribution in [1.82, 2.24) is 0 Å². The predicted molar refractivity (Wildman–Crippen MR) is 47.3 cm³/mol. The van der Waals surface area contributed by atoms with Crippen LogP contribution >= 0.6 is 0 Å². The molecule has 0 heterocycles. The van der Waals surface area contributed by atoms with Crippen LogP contribution in [0, 0.1) is 5.92 Å². The maximum Gasteiger partial charge on any atom is 0.306 e. The molecule has 0 aromatic carbocycles. The highest BCUT2D eigenvalue weighted by atomic mass is 16.5. The van der Waals surface area contributed by atoms with Crippen LogP contribution in [-0.2, 0) is 14.3 Å². The molecule has 0 saturated heterocycles. The van der Waals surface area contributed by atoms with Crippen LogP contribution in [0.2, 0.25) is 0 Å². The molecule has 0 bridgehead atoms. The highest BCUT2D eigenvalue weighted by Crippen LogP contribution is 2.10. The number of carbonyl (C=O) groups is 2. The van der Waals surface area contributed by atoms with Crippen molar-refractivity contribution in [3.63, 3.8) is 0 Å². The third-order valence-corrected chi connectivity index (χ3v) is 1.84. The van der Waals surface area contributed by atoms with E-state index >= 15 is 0 Å². The van der Waals surface area contributed by atoms with Crippen LogP contribution in [0.4, 0.5) is 0 Å². The maximum atomic E-state index is 10.6. The zero-order valence-electron chi connectivity index (χ0n) is 8.08. The predicted octanol–water partition coefficient (Wildman–Crippen LogP) is 1.44. The van der Waals surface area contributed by atoms with Crippen molar-refractivity contribution < 1.29 is 19.4 Å². The second-order valence-corrected chi connectivity index (χ2v) is 2.93. The lowest BCUT2D eigenvalue weighted by Crippen LogP contribution is -2.13. The molecule has 1 N–H and O–H groups in total. The molecule has 0 fully saturated rings. The quantitative estimate of drug-likeness (QED) is 0.506. The molecule has 0 aliphatic carbocycles. The first-order valence-electron chi connectivity index (χ1n) is 4.44. The second-order valence-electron chi connectivity index (χ2n) is 2.93. The van der Waals surface area contributed by atoms with Gasteiger partial charge < -0.3 is 9.84 Å². The minimum absolute atomic E-state index is 0.310. The summed E-state index contributed by atoms with van der Waals surface area (Å²) in [6, 6.07) is 0. The van der Waals surface area contributed by atoms with Crippen molar-refractivity contribution in [2.45, 2.75) is 33.1 Å². The lowest BCUT2D eigenvalue weighted by molar-refractivity contribution is -0.142. The zero-order valence-corrected chi connectivity index (χ0v) is 8.08. The highest BCUT2D eigenvalue weighted by Gasteiger charge is 2.13. The molecule has 0 aromatic heterocycles. The Morgan fingerprint density at radius 2 is 2.08 bits per heavy atom. The third kappa shape index (κ3) is 6.13. The molecule has 0 amide bonds. The van der Waals surface area contributed by atoms with Gasteiger partial charge >= 0.3 is 11.9 Å². The van der Waals surface area contributed by atoms with Gasteiger partial charge in [-0.15, -0.1) is 0 Å². The van der Waals surface area contributed by atoms with Gasteiger partial charge in [-0.25, -0.2) is 0 Å². The molecular weight excluding hydrogens is 172 g/mol. The monoisotopic (exact) mass is 188 g/mol. The summed E-state index contributed by atoms with van der Waals surface area (Å²) in [4.78, 5) is 20.9. The van der Waals surface area contributed by atoms with Crippen LogP contribution in [0.1, 0.15) is 33.1 Å². The third-order valence-electron chi connectivity index (χ3n) is 1.84. The van der Waals surface area contributed by atoms with Crippen LogP contribution in [0.5, 0.6) is 0 Å². The molecule has 0 radical (unpaired) electrons. The molecule has 0 spiro atoms. The first kappa shape index (κ1) is 11.9. The van der Waals surface area contributed by atoms with E-state index in [0.717, 1.165) is 0 Å². The number of carboxylic acids is 1. The van der Waals surface area contributed by atoms with Gasteiger partial charge in [-0.3, -0.25) is 9.59 Å². The topological polar surface area (TPSA) is 63.6 Å². The lowest BCUT2D eigenvalue weighted by atomic mass is 10.0. The Hall–Kier alpha value is -1.06. The minimum atomic E-state index is -0.773. The lowest BCUT2D eigenvalue weighted by Gasteiger charge is -2.08. The molecule has 0 rings (SSSR count). The zero-order chi connectivity index (χ0) is 10.3. The standard InChI is InChI=1S/C9H16O4/c1-3-8(9(11)12)5-4-6-13-7(2)10/h8H,3-6H2,1-2H3,(H,11,12). The molecule has 1 atom stereocenters. The van der Waals surface area contributed by atoms with Crippen molar-refractivity contribution >= 4 is 11.9 Å². The van der Waals surface area contributed by atoms with Gasteiger partial charge in [0, 0.05) is 6.92 Å². The number of carboxylic acid groups (broad SMARTS) is 1. The summed E-state index contributed by atoms with van der Waals surface area (Å²) < 4.78 is 4.68. The summed E-state index contributed by atoms with van der Waals surface area (Å²) in [5, 5.41) is 8.67. The average molecular weight is 188 g/mol. The highest BCUT2D eigenvalue weighted by molar-refractivity contribution is 5.69. The van der Waals surface area contributed by atoms with Crippen molar-refractivity contribution in [3.05, 3.63) is 0 Å². The van der Waals surface area contributed by atoms with Crippen LogP contribution in [0.3, 0.4) is 0 Å². The van der Waals surface area contributed by atoms with E-state index < -0.39 is 5.97 Å². The first-order valence-corrected chi connectivity index (χ1v) is 4.44. The summed E-state index contributed by atoms with van der Waals surface area (Å²) in [6.07, 6.45) is 1.80. The number of aliphatic carboxylic acids is 1. The Bertz CT molecular complexity index is 176. The number of rotatable bonds is 6. The number of ether oxygens (including phenoxy) is 1. The Labute approximate surface area is 77.9 Å². The van der Waals surface area contributed by atoms with E-state index in [1.54, 1.807) is 0 Å². The van der Waals surface area contributed by atoms with E-state index in [1.807, 2.05) is 6.92 Å². The molecule has 4 nitrogen and oxygen atoms in total. The van der Waals surface area contributed by atoms with Gasteiger partial charge in [0.05, 0.1) is 12.5 Å². The summed E-state index contributed by atoms with van der Waals surface area (Å²) >= 11 is 0. The van der Waals surface area contributed by atoms with Gasteiger partial charge in [0.2, 0.25) is 0 Å². The van der Waals surface area contributed by atoms with Crippen LogP contribution in [0.25, 0.3) is 0 Å². The van der Waals surface area contributed by atoms with Crippen molar-refractivity contribution in [2.24, 2.45) is 5.92 Å². The van der Waals surface area contributed by atoms with E-state index in [2.05, 4.69) is 4.74 Å². The summed E-state index contributed by atoms with van der Waals surface area (Å²) in [7, 11) is 0. The Morgan fingerprint density at radius 1 is 1.46 bits per heavy atom. The number of esters is 1. The van der Waals surface area contributed by atoms with E-state index in [4.69, 9.17) is 5.11 Å². The van der Waals surface area contributed by atoms with E-state index in [-0.39, 0.29) is 11.9 Å². The largest absolute Gasteiger partial charge is 0.481 e. The number of hydrogen-bond donors (Lipinski definition) is 1. The molecule has 0 saturated carbocycles. The minimum Gasteiger partial charge on any atom is -0.481 e. The van der Waals surface area contributed by atoms with E-state index in [9.17, 15) is 9.59 Å². The van der Waals surface area contributed by atoms with Gasteiger partial charge in [0.15, 0.2) is 0 Å². The maximum absolute atomic E-state index is 10.6. The molecule has 13 heavy (non-hydrogen) atoms. The number of hydrogen-bond acceptors (Lipinski definition) is 3. The SMILES string of the molecule is CCC(CCCOC(C)=O)C(=O)O. The molecular formula is C9H16O4. The van der Waals surface area contributed by atoms with Crippen molar-refractivity contribution in [3.8, 4) is 0 Å². The van der Waals surface area contributed by atoms with Gasteiger partial charge in [0.1, 0.15) is 0 Å². The molecule has 0 aromatic rings. The average Bonchev–Trinajstić information content (AvgIpc) is 2.03. The fourth-order valence-electron chi connectivity index (χ4n) is 1.05. The summed E-state index contributed by atoms with van der Waals surface area (Å²) in [5.41, 5.74) is 0. The molecule has 76 valence electrons. The van der Waals surface area contributed by atoms with Gasteiger partial charge in [0.25, 0.3) is 0 Å². The van der Waals surface area contributed by atoms with Crippen molar-refractivity contribution in [2.75, 3.05) is 6.61 Å². The Kier molecular flexibility index (Phi) is 5.93. The smallest absolute Gasteiger partial charge is 0.306 e. The van der Waals surface area contributed by atoms with Gasteiger partial charge in [-0.2, -0.15) is 0 Å². The molecule has 1 unspecified atom stereocenters. The van der Waals surface area contributed by atoms with E-state index in [1.165, 1.54) is 6.92 Å². The fraction of sp³-hybridized carbons (Fsp3) is 0.778. The van der Waals surface area contributed by atoms with Crippen LogP contribution in [0.15, 0.2) is 0 Å². The Morgan fingerprint density at radius 3 is 2.46 bits per heavy atom. The fourth-order valence-corrected chi connectivity index (χ4v) is 1.05. The van der Waals surface area contributed by atoms with Gasteiger partial charge in [-0.1, -0.05) is 6.92 Å². The number of carbonyl (C=O) groups excluding carboxylic acids is 1. The Balaban J connectivity index is 3.50. The van der Waals surface area contributed by atoms with Crippen LogP contribution in [-0.4, -0.2) is 23.7 Å². The first-order chi connectivity index (χ1) is 6.07. The van der Waals surface area contributed by atoms with Gasteiger partial charge in [-0.05, 0) is 19.3 Å². The van der Waals surface area contributed by atoms with Crippen molar-refractivity contribution in [1.29, 1.82) is 0 Å².